The molecule has 6 heteroatoms. The molecule has 22 heavy (non-hydrogen) atoms. The van der Waals surface area contributed by atoms with E-state index in [1.807, 2.05) is 6.92 Å². The van der Waals surface area contributed by atoms with Crippen molar-refractivity contribution in [3.63, 3.8) is 0 Å². The van der Waals surface area contributed by atoms with Crippen molar-refractivity contribution >= 4 is 23.2 Å². The van der Waals surface area contributed by atoms with Gasteiger partial charge >= 0.3 is 5.97 Å². The topological polar surface area (TPSA) is 57.6 Å². The minimum absolute atomic E-state index is 0.117. The number of hydrogen-bond acceptors (Lipinski definition) is 3. The SMILES string of the molecule is CCN(Cc1ccccc1F)C(=O)Cc1csc(C(=O)O)c1. The molecular formula is C16H16FNO3S. The zero-order valence-electron chi connectivity index (χ0n) is 12.1. The second-order valence-electron chi connectivity index (χ2n) is 4.80. The quantitative estimate of drug-likeness (QED) is 0.889. The molecule has 1 aromatic carbocycles. The summed E-state index contributed by atoms with van der Waals surface area (Å²) in [5.41, 5.74) is 1.13. The van der Waals surface area contributed by atoms with Crippen LogP contribution < -0.4 is 0 Å². The van der Waals surface area contributed by atoms with Crippen molar-refractivity contribution in [1.82, 2.24) is 4.90 Å². The minimum Gasteiger partial charge on any atom is -0.477 e. The van der Waals surface area contributed by atoms with Gasteiger partial charge < -0.3 is 10.0 Å². The number of carboxylic acids is 1. The van der Waals surface area contributed by atoms with Crippen molar-refractivity contribution in [3.8, 4) is 0 Å². The third kappa shape index (κ3) is 3.92. The summed E-state index contributed by atoms with van der Waals surface area (Å²) >= 11 is 1.10. The van der Waals surface area contributed by atoms with E-state index in [0.29, 0.717) is 17.7 Å². The highest BCUT2D eigenvalue weighted by Crippen LogP contribution is 2.17. The lowest BCUT2D eigenvalue weighted by Gasteiger charge is -2.21. The Morgan fingerprint density at radius 3 is 2.64 bits per heavy atom. The number of thiophene rings is 1. The largest absolute Gasteiger partial charge is 0.477 e. The van der Waals surface area contributed by atoms with Crippen LogP contribution in [0.15, 0.2) is 35.7 Å². The molecule has 0 spiro atoms. The number of hydrogen-bond donors (Lipinski definition) is 1. The van der Waals surface area contributed by atoms with Gasteiger partial charge in [0.1, 0.15) is 10.7 Å². The van der Waals surface area contributed by atoms with Crippen LogP contribution in [-0.2, 0) is 17.8 Å². The lowest BCUT2D eigenvalue weighted by molar-refractivity contribution is -0.130. The molecule has 0 aliphatic heterocycles. The van der Waals surface area contributed by atoms with Crippen LogP contribution in [0, 0.1) is 5.82 Å². The second kappa shape index (κ2) is 7.17. The van der Waals surface area contributed by atoms with E-state index in [4.69, 9.17) is 5.11 Å². The molecule has 1 N–H and O–H groups in total. The average molecular weight is 321 g/mol. The van der Waals surface area contributed by atoms with Gasteiger partial charge in [0.15, 0.2) is 0 Å². The van der Waals surface area contributed by atoms with Crippen molar-refractivity contribution < 1.29 is 19.1 Å². The van der Waals surface area contributed by atoms with E-state index < -0.39 is 5.97 Å². The number of nitrogens with zero attached hydrogens (tertiary/aromatic N) is 1. The lowest BCUT2D eigenvalue weighted by Crippen LogP contribution is -2.31. The smallest absolute Gasteiger partial charge is 0.345 e. The summed E-state index contributed by atoms with van der Waals surface area (Å²) in [6, 6.07) is 7.86. The van der Waals surface area contributed by atoms with Crippen molar-refractivity contribution in [2.24, 2.45) is 0 Å². The first-order chi connectivity index (χ1) is 10.5. The number of halogens is 1. The molecule has 0 atom stereocenters. The number of carbonyl (C=O) groups excluding carboxylic acids is 1. The van der Waals surface area contributed by atoms with Crippen LogP contribution in [0.25, 0.3) is 0 Å². The minimum atomic E-state index is -0.998. The van der Waals surface area contributed by atoms with E-state index in [0.717, 1.165) is 11.3 Å². The molecule has 1 aromatic heterocycles. The van der Waals surface area contributed by atoms with Crippen molar-refractivity contribution in [2.75, 3.05) is 6.54 Å². The zero-order valence-corrected chi connectivity index (χ0v) is 12.9. The first-order valence-electron chi connectivity index (χ1n) is 6.83. The van der Waals surface area contributed by atoms with Gasteiger partial charge in [0.05, 0.1) is 6.42 Å². The predicted octanol–water partition coefficient (Wildman–Crippen LogP) is 3.18. The summed E-state index contributed by atoms with van der Waals surface area (Å²) < 4.78 is 13.7. The van der Waals surface area contributed by atoms with Crippen LogP contribution in [0.3, 0.4) is 0 Å². The summed E-state index contributed by atoms with van der Waals surface area (Å²) in [6.45, 7) is 2.50. The van der Waals surface area contributed by atoms with E-state index in [1.165, 1.54) is 12.1 Å². The van der Waals surface area contributed by atoms with Gasteiger partial charge in [-0.1, -0.05) is 18.2 Å². The van der Waals surface area contributed by atoms with E-state index in [9.17, 15) is 14.0 Å². The first kappa shape index (κ1) is 16.2. The van der Waals surface area contributed by atoms with Gasteiger partial charge in [0, 0.05) is 18.7 Å². The normalized spacial score (nSPS) is 10.5. The van der Waals surface area contributed by atoms with Gasteiger partial charge in [0.25, 0.3) is 0 Å². The van der Waals surface area contributed by atoms with Crippen LogP contribution >= 0.6 is 11.3 Å². The number of aromatic carboxylic acids is 1. The highest BCUT2D eigenvalue weighted by atomic mass is 32.1. The number of likely N-dealkylation sites (N-methyl/N-ethyl adjacent to an activating group) is 1. The van der Waals surface area contributed by atoms with Crippen LogP contribution in [0.5, 0.6) is 0 Å². The fourth-order valence-corrected chi connectivity index (χ4v) is 2.83. The Morgan fingerprint density at radius 1 is 1.32 bits per heavy atom. The van der Waals surface area contributed by atoms with Gasteiger partial charge in [-0.3, -0.25) is 4.79 Å². The Bertz CT molecular complexity index is 684. The zero-order chi connectivity index (χ0) is 16.1. The molecule has 0 bridgehead atoms. The molecule has 2 rings (SSSR count). The molecule has 1 heterocycles. The van der Waals surface area contributed by atoms with Crippen LogP contribution in [0.1, 0.15) is 27.7 Å². The number of benzene rings is 1. The maximum atomic E-state index is 13.7. The summed E-state index contributed by atoms with van der Waals surface area (Å²) in [4.78, 5) is 24.9. The molecule has 0 radical (unpaired) electrons. The Labute approximate surface area is 131 Å². The van der Waals surface area contributed by atoms with Crippen LogP contribution in [0.2, 0.25) is 0 Å². The first-order valence-corrected chi connectivity index (χ1v) is 7.71. The second-order valence-corrected chi connectivity index (χ2v) is 5.71. The van der Waals surface area contributed by atoms with Gasteiger partial charge in [0.2, 0.25) is 5.91 Å². The van der Waals surface area contributed by atoms with Gasteiger partial charge in [-0.15, -0.1) is 11.3 Å². The van der Waals surface area contributed by atoms with Crippen molar-refractivity contribution in [2.45, 2.75) is 19.9 Å². The third-order valence-corrected chi connectivity index (χ3v) is 4.24. The maximum absolute atomic E-state index is 13.7. The fraction of sp³-hybridized carbons (Fsp3) is 0.250. The van der Waals surface area contributed by atoms with Gasteiger partial charge in [-0.2, -0.15) is 0 Å². The highest BCUT2D eigenvalue weighted by molar-refractivity contribution is 7.12. The molecule has 0 saturated heterocycles. The Kier molecular flexibility index (Phi) is 5.27. The summed E-state index contributed by atoms with van der Waals surface area (Å²) in [5, 5.41) is 10.6. The van der Waals surface area contributed by atoms with E-state index in [-0.39, 0.29) is 29.6 Å². The molecule has 0 aliphatic rings. The fourth-order valence-electron chi connectivity index (χ4n) is 2.08. The van der Waals surface area contributed by atoms with E-state index in [2.05, 4.69) is 0 Å². The summed E-state index contributed by atoms with van der Waals surface area (Å²) in [5.74, 6) is -1.49. The van der Waals surface area contributed by atoms with E-state index in [1.54, 1.807) is 28.5 Å². The Morgan fingerprint density at radius 2 is 2.05 bits per heavy atom. The molecule has 0 fully saturated rings. The molecular weight excluding hydrogens is 305 g/mol. The Hall–Kier alpha value is -2.21. The average Bonchev–Trinajstić information content (AvgIpc) is 2.95. The number of carboxylic acid groups (broad SMARTS) is 1. The number of rotatable bonds is 6. The lowest BCUT2D eigenvalue weighted by atomic mass is 10.1. The predicted molar refractivity (Wildman–Crippen MR) is 82.5 cm³/mol. The Balaban J connectivity index is 2.05. The van der Waals surface area contributed by atoms with Crippen LogP contribution in [-0.4, -0.2) is 28.4 Å². The van der Waals surface area contributed by atoms with Gasteiger partial charge in [-0.05, 0) is 30.0 Å². The molecule has 1 amide bonds. The molecule has 0 saturated carbocycles. The standard InChI is InChI=1S/C16H16FNO3S/c1-2-18(9-12-5-3-4-6-13(12)17)15(19)8-11-7-14(16(20)21)22-10-11/h3-7,10H,2,8-9H2,1H3,(H,20,21). The highest BCUT2D eigenvalue weighted by Gasteiger charge is 2.16. The molecule has 4 nitrogen and oxygen atoms in total. The van der Waals surface area contributed by atoms with Crippen molar-refractivity contribution in [3.05, 3.63) is 57.5 Å². The van der Waals surface area contributed by atoms with Crippen molar-refractivity contribution in [1.29, 1.82) is 0 Å². The van der Waals surface area contributed by atoms with Gasteiger partial charge in [-0.25, -0.2) is 9.18 Å². The van der Waals surface area contributed by atoms with Crippen LogP contribution in [0.4, 0.5) is 4.39 Å². The van der Waals surface area contributed by atoms with E-state index >= 15 is 0 Å². The molecule has 0 unspecified atom stereocenters. The molecule has 2 aromatic rings. The number of amides is 1. The third-order valence-electron chi connectivity index (χ3n) is 3.27. The summed E-state index contributed by atoms with van der Waals surface area (Å²) in [7, 11) is 0. The maximum Gasteiger partial charge on any atom is 0.345 e. The molecule has 116 valence electrons. The number of carbonyl (C=O) groups is 2. The monoisotopic (exact) mass is 321 g/mol. The molecule has 0 aliphatic carbocycles. The summed E-state index contributed by atoms with van der Waals surface area (Å²) in [6.07, 6.45) is 0.117.